The minimum Gasteiger partial charge on any atom is -0.348 e. The number of piperazine rings is 1. The van der Waals surface area contributed by atoms with E-state index in [4.69, 9.17) is 11.6 Å². The van der Waals surface area contributed by atoms with Gasteiger partial charge in [0.25, 0.3) is 0 Å². The summed E-state index contributed by atoms with van der Waals surface area (Å²) < 4.78 is 1.21. The molecular formula is C23H20ClN5O3S. The Morgan fingerprint density at radius 1 is 1.03 bits per heavy atom. The number of benzene rings is 1. The van der Waals surface area contributed by atoms with E-state index in [9.17, 15) is 14.9 Å². The van der Waals surface area contributed by atoms with Gasteiger partial charge in [-0.2, -0.15) is 0 Å². The van der Waals surface area contributed by atoms with Crippen molar-refractivity contribution >= 4 is 40.1 Å². The maximum absolute atomic E-state index is 12.7. The van der Waals surface area contributed by atoms with E-state index in [1.807, 2.05) is 29.2 Å². The summed E-state index contributed by atoms with van der Waals surface area (Å²) in [6, 6.07) is 17.1. The van der Waals surface area contributed by atoms with Crippen LogP contribution in [0, 0.1) is 10.1 Å². The molecule has 0 saturated carbocycles. The van der Waals surface area contributed by atoms with E-state index in [2.05, 4.69) is 22.0 Å². The average molecular weight is 482 g/mol. The smallest absolute Gasteiger partial charge is 0.348 e. The molecule has 5 rings (SSSR count). The summed E-state index contributed by atoms with van der Waals surface area (Å²) in [4.78, 5) is 34.7. The lowest BCUT2D eigenvalue weighted by Crippen LogP contribution is -2.46. The molecule has 1 aliphatic heterocycles. The van der Waals surface area contributed by atoms with Crippen LogP contribution in [0.1, 0.15) is 4.88 Å². The number of nitrogens with zero attached hydrogens (tertiary/aromatic N) is 5. The van der Waals surface area contributed by atoms with E-state index in [-0.39, 0.29) is 5.82 Å². The van der Waals surface area contributed by atoms with Crippen molar-refractivity contribution in [1.29, 1.82) is 0 Å². The quantitative estimate of drug-likeness (QED) is 0.312. The Hall–Kier alpha value is -3.27. The van der Waals surface area contributed by atoms with E-state index in [1.54, 1.807) is 29.5 Å². The lowest BCUT2D eigenvalue weighted by Gasteiger charge is -2.34. The first-order valence-corrected chi connectivity index (χ1v) is 11.7. The zero-order valence-corrected chi connectivity index (χ0v) is 19.1. The van der Waals surface area contributed by atoms with E-state index < -0.39 is 16.2 Å². The molecule has 0 N–H and O–H groups in total. The summed E-state index contributed by atoms with van der Waals surface area (Å²) in [7, 11) is 0. The predicted octanol–water partition coefficient (Wildman–Crippen LogP) is 4.31. The Morgan fingerprint density at radius 2 is 1.79 bits per heavy atom. The molecular weight excluding hydrogens is 462 g/mol. The van der Waals surface area contributed by atoms with Gasteiger partial charge in [-0.1, -0.05) is 35.9 Å². The summed E-state index contributed by atoms with van der Waals surface area (Å²) in [6.45, 7) is 3.33. The highest BCUT2D eigenvalue weighted by molar-refractivity contribution is 7.15. The average Bonchev–Trinajstić information content (AvgIpc) is 3.27. The van der Waals surface area contributed by atoms with Crippen LogP contribution in [0.3, 0.4) is 0 Å². The van der Waals surface area contributed by atoms with Crippen molar-refractivity contribution in [2.45, 2.75) is 6.54 Å². The fourth-order valence-electron chi connectivity index (χ4n) is 4.06. The lowest BCUT2D eigenvalue weighted by atomic mass is 10.2. The van der Waals surface area contributed by atoms with Crippen molar-refractivity contribution in [1.82, 2.24) is 14.3 Å². The van der Waals surface area contributed by atoms with Crippen molar-refractivity contribution in [2.75, 3.05) is 31.1 Å². The first-order valence-electron chi connectivity index (χ1n) is 10.5. The number of hydrogen-bond acceptors (Lipinski definition) is 7. The number of anilines is 1. The second-order valence-electron chi connectivity index (χ2n) is 7.78. The summed E-state index contributed by atoms with van der Waals surface area (Å²) in [6.07, 6.45) is 1.50. The van der Waals surface area contributed by atoms with E-state index in [1.165, 1.54) is 15.5 Å². The molecule has 0 unspecified atom stereocenters. The Bertz CT molecular complexity index is 1390. The van der Waals surface area contributed by atoms with Crippen LogP contribution in [0.4, 0.5) is 11.5 Å². The number of fused-ring (bicyclic) bond motifs is 1. The summed E-state index contributed by atoms with van der Waals surface area (Å²) in [5, 5.41) is 12.4. The first-order chi connectivity index (χ1) is 16.0. The molecule has 0 amide bonds. The summed E-state index contributed by atoms with van der Waals surface area (Å²) in [5.74, 6) is 0.146. The molecule has 0 radical (unpaired) electrons. The highest BCUT2D eigenvalue weighted by atomic mass is 35.5. The molecule has 0 bridgehead atoms. The van der Waals surface area contributed by atoms with E-state index in [0.717, 1.165) is 22.0 Å². The SMILES string of the molecule is O=c1c([N+](=O)[O-])c(N2CCN(Cc3ccc(-c4ccccc4Cl)s3)CC2)nc2ccccn12. The molecule has 0 atom stereocenters. The second kappa shape index (κ2) is 8.93. The molecule has 3 aromatic heterocycles. The van der Waals surface area contributed by atoms with Crippen LogP contribution in [0.2, 0.25) is 5.02 Å². The molecule has 1 aromatic carbocycles. The molecule has 1 saturated heterocycles. The van der Waals surface area contributed by atoms with Crippen molar-refractivity contribution in [2.24, 2.45) is 0 Å². The van der Waals surface area contributed by atoms with Crippen LogP contribution in [0.15, 0.2) is 65.6 Å². The van der Waals surface area contributed by atoms with Gasteiger partial charge in [0, 0.05) is 59.3 Å². The van der Waals surface area contributed by atoms with Gasteiger partial charge in [-0.05, 0) is 30.3 Å². The Labute approximate surface area is 198 Å². The number of hydrogen-bond donors (Lipinski definition) is 0. The van der Waals surface area contributed by atoms with Gasteiger partial charge in [0.1, 0.15) is 5.65 Å². The standard InChI is InChI=1S/C23H20ClN5O3S/c24-18-6-2-1-5-17(18)19-9-8-16(33-19)15-26-11-13-27(14-12-26)22-21(29(31)32)23(30)28-10-4-3-7-20(28)25-22/h1-10H,11-15H2. The van der Waals surface area contributed by atoms with Gasteiger partial charge in [-0.3, -0.25) is 24.2 Å². The van der Waals surface area contributed by atoms with Crippen molar-refractivity contribution in [3.63, 3.8) is 0 Å². The van der Waals surface area contributed by atoms with Gasteiger partial charge in [0.2, 0.25) is 5.82 Å². The van der Waals surface area contributed by atoms with Gasteiger partial charge in [0.05, 0.1) is 4.92 Å². The lowest BCUT2D eigenvalue weighted by molar-refractivity contribution is -0.385. The first kappa shape index (κ1) is 21.6. The van der Waals surface area contributed by atoms with Gasteiger partial charge in [0.15, 0.2) is 0 Å². The maximum atomic E-state index is 12.7. The molecule has 1 aliphatic rings. The van der Waals surface area contributed by atoms with Gasteiger partial charge >= 0.3 is 11.2 Å². The Kier molecular flexibility index (Phi) is 5.84. The molecule has 0 aliphatic carbocycles. The third-order valence-corrected chi connectivity index (χ3v) is 7.16. The number of pyridine rings is 1. The molecule has 4 aromatic rings. The minimum atomic E-state index is -0.659. The van der Waals surface area contributed by atoms with Crippen molar-refractivity contribution in [3.8, 4) is 10.4 Å². The predicted molar refractivity (Wildman–Crippen MR) is 130 cm³/mol. The van der Waals surface area contributed by atoms with Crippen LogP contribution in [0.25, 0.3) is 16.1 Å². The van der Waals surface area contributed by atoms with Crippen molar-refractivity contribution in [3.05, 3.63) is 91.2 Å². The van der Waals surface area contributed by atoms with Crippen molar-refractivity contribution < 1.29 is 4.92 Å². The topological polar surface area (TPSA) is 84.0 Å². The van der Waals surface area contributed by atoms with E-state index in [0.29, 0.717) is 31.8 Å². The normalized spacial score (nSPS) is 14.6. The molecule has 8 nitrogen and oxygen atoms in total. The fourth-order valence-corrected chi connectivity index (χ4v) is 5.44. The van der Waals surface area contributed by atoms with Crippen LogP contribution in [0.5, 0.6) is 0 Å². The monoisotopic (exact) mass is 481 g/mol. The molecule has 1 fully saturated rings. The minimum absolute atomic E-state index is 0.146. The third kappa shape index (κ3) is 4.22. The molecule has 168 valence electrons. The number of halogens is 1. The molecule has 0 spiro atoms. The van der Waals surface area contributed by atoms with Gasteiger partial charge in [-0.25, -0.2) is 4.98 Å². The number of thiophene rings is 1. The number of rotatable bonds is 5. The third-order valence-electron chi connectivity index (χ3n) is 5.73. The van der Waals surface area contributed by atoms with Crippen LogP contribution >= 0.6 is 22.9 Å². The Morgan fingerprint density at radius 3 is 2.55 bits per heavy atom. The zero-order valence-electron chi connectivity index (χ0n) is 17.6. The van der Waals surface area contributed by atoms with E-state index >= 15 is 0 Å². The van der Waals surface area contributed by atoms with Crippen LogP contribution < -0.4 is 10.5 Å². The number of nitro groups is 1. The largest absolute Gasteiger partial charge is 0.376 e. The highest BCUT2D eigenvalue weighted by Gasteiger charge is 2.29. The fraction of sp³-hybridized carbons (Fsp3) is 0.217. The van der Waals surface area contributed by atoms with Gasteiger partial charge < -0.3 is 4.90 Å². The Balaban J connectivity index is 1.32. The second-order valence-corrected chi connectivity index (χ2v) is 9.36. The molecule has 33 heavy (non-hydrogen) atoms. The van der Waals surface area contributed by atoms with Crippen LogP contribution in [-0.2, 0) is 6.54 Å². The zero-order chi connectivity index (χ0) is 22.9. The highest BCUT2D eigenvalue weighted by Crippen LogP contribution is 2.34. The summed E-state index contributed by atoms with van der Waals surface area (Å²) >= 11 is 8.05. The summed E-state index contributed by atoms with van der Waals surface area (Å²) in [5.41, 5.74) is 0.293. The van der Waals surface area contributed by atoms with Crippen LogP contribution in [-0.4, -0.2) is 45.4 Å². The molecule has 4 heterocycles. The van der Waals surface area contributed by atoms with Gasteiger partial charge in [-0.15, -0.1) is 11.3 Å². The number of aromatic nitrogens is 2. The molecule has 10 heteroatoms. The maximum Gasteiger partial charge on any atom is 0.376 e.